The summed E-state index contributed by atoms with van der Waals surface area (Å²) in [4.78, 5) is 27.7. The Morgan fingerprint density at radius 1 is 1.00 bits per heavy atom. The fourth-order valence-corrected chi connectivity index (χ4v) is 2.91. The Hall–Kier alpha value is -3.00. The number of carbonyl (C=O) groups is 2. The number of carbonyl (C=O) groups excluding carboxylic acids is 2. The first-order valence-electron chi connectivity index (χ1n) is 7.95. The molecule has 0 aliphatic carbocycles. The summed E-state index contributed by atoms with van der Waals surface area (Å²) >= 11 is 0. The predicted molar refractivity (Wildman–Crippen MR) is 99.3 cm³/mol. The number of ether oxygens (including phenoxy) is 2. The highest BCUT2D eigenvalue weighted by Crippen LogP contribution is 2.13. The number of methoxy groups -OCH3 is 1. The van der Waals surface area contributed by atoms with Crippen LogP contribution < -0.4 is 0 Å². The molecule has 0 heterocycles. The van der Waals surface area contributed by atoms with Gasteiger partial charge in [-0.2, -0.15) is 4.99 Å². The first-order valence-corrected chi connectivity index (χ1v) is 9.84. The lowest BCUT2D eigenvalue weighted by molar-refractivity contribution is -0.132. The highest BCUT2D eigenvalue weighted by molar-refractivity contribution is 7.90. The van der Waals surface area contributed by atoms with Gasteiger partial charge in [-0.15, -0.1) is 0 Å². The number of hydrogen-bond acceptors (Lipinski definition) is 6. The molecule has 8 heteroatoms. The minimum absolute atomic E-state index is 0.0151. The van der Waals surface area contributed by atoms with E-state index in [9.17, 15) is 18.0 Å². The van der Waals surface area contributed by atoms with Crippen molar-refractivity contribution >= 4 is 27.6 Å². The van der Waals surface area contributed by atoms with Gasteiger partial charge in [-0.05, 0) is 23.3 Å². The third kappa shape index (κ3) is 6.34. The molecule has 0 N–H and O–H groups in total. The van der Waals surface area contributed by atoms with E-state index in [4.69, 9.17) is 4.74 Å². The van der Waals surface area contributed by atoms with Gasteiger partial charge in [0.25, 0.3) is 0 Å². The minimum Gasteiger partial charge on any atom is -0.465 e. The topological polar surface area (TPSA) is 99.1 Å². The SMILES string of the molecule is COC(=O)C(Cc1cccc(S(C)(=O)=O)c1)=NC(=O)OCc1ccccc1. The van der Waals surface area contributed by atoms with Crippen LogP contribution in [0.4, 0.5) is 4.79 Å². The maximum absolute atomic E-state index is 12.0. The molecule has 0 bridgehead atoms. The lowest BCUT2D eigenvalue weighted by Crippen LogP contribution is -2.20. The van der Waals surface area contributed by atoms with Crippen molar-refractivity contribution in [3.05, 3.63) is 65.7 Å². The van der Waals surface area contributed by atoms with Gasteiger partial charge in [0.2, 0.25) is 0 Å². The number of esters is 1. The Bertz CT molecular complexity index is 951. The largest absolute Gasteiger partial charge is 0.465 e. The smallest absolute Gasteiger partial charge is 0.434 e. The normalized spacial score (nSPS) is 11.7. The quantitative estimate of drug-likeness (QED) is 0.556. The zero-order valence-corrected chi connectivity index (χ0v) is 15.7. The third-order valence-corrected chi connectivity index (χ3v) is 4.66. The van der Waals surface area contributed by atoms with Crippen molar-refractivity contribution in [3.63, 3.8) is 0 Å². The molecule has 1 amide bonds. The van der Waals surface area contributed by atoms with Crippen LogP contribution in [0.25, 0.3) is 0 Å². The Balaban J connectivity index is 2.16. The van der Waals surface area contributed by atoms with Crippen LogP contribution in [0.2, 0.25) is 0 Å². The number of rotatable bonds is 6. The first-order chi connectivity index (χ1) is 12.8. The molecular formula is C19H19NO6S. The van der Waals surface area contributed by atoms with Crippen molar-refractivity contribution in [1.82, 2.24) is 0 Å². The fourth-order valence-electron chi connectivity index (χ4n) is 2.22. The molecule has 0 aliphatic heterocycles. The number of nitrogens with zero attached hydrogens (tertiary/aromatic N) is 1. The summed E-state index contributed by atoms with van der Waals surface area (Å²) in [6.07, 6.45) is 0.0808. The Morgan fingerprint density at radius 2 is 1.67 bits per heavy atom. The number of benzene rings is 2. The van der Waals surface area contributed by atoms with E-state index in [2.05, 4.69) is 9.73 Å². The van der Waals surface area contributed by atoms with E-state index >= 15 is 0 Å². The number of amides is 1. The molecule has 27 heavy (non-hydrogen) atoms. The van der Waals surface area contributed by atoms with Crippen molar-refractivity contribution < 1.29 is 27.5 Å². The Labute approximate surface area is 157 Å². The summed E-state index contributed by atoms with van der Waals surface area (Å²) in [6, 6.07) is 15.1. The molecule has 2 rings (SSSR count). The molecule has 0 aliphatic rings. The van der Waals surface area contributed by atoms with E-state index in [1.165, 1.54) is 19.2 Å². The van der Waals surface area contributed by atoms with Crippen LogP contribution in [0, 0.1) is 0 Å². The molecule has 0 saturated heterocycles. The zero-order valence-electron chi connectivity index (χ0n) is 14.9. The van der Waals surface area contributed by atoms with Crippen LogP contribution in [-0.2, 0) is 37.1 Å². The maximum atomic E-state index is 12.0. The molecule has 0 saturated carbocycles. The molecule has 0 spiro atoms. The van der Waals surface area contributed by atoms with E-state index < -0.39 is 21.9 Å². The number of hydrogen-bond donors (Lipinski definition) is 0. The molecule has 0 atom stereocenters. The number of sulfone groups is 1. The van der Waals surface area contributed by atoms with Crippen LogP contribution >= 0.6 is 0 Å². The monoisotopic (exact) mass is 389 g/mol. The van der Waals surface area contributed by atoms with Gasteiger partial charge in [0.15, 0.2) is 9.84 Å². The van der Waals surface area contributed by atoms with E-state index in [1.807, 2.05) is 6.07 Å². The summed E-state index contributed by atoms with van der Waals surface area (Å²) in [6.45, 7) is 0.0151. The summed E-state index contributed by atoms with van der Waals surface area (Å²) in [7, 11) is -2.23. The molecule has 0 radical (unpaired) electrons. The van der Waals surface area contributed by atoms with Crippen LogP contribution in [0.5, 0.6) is 0 Å². The molecule has 2 aromatic carbocycles. The predicted octanol–water partition coefficient (Wildman–Crippen LogP) is 2.58. The van der Waals surface area contributed by atoms with E-state index in [1.54, 1.807) is 36.4 Å². The lowest BCUT2D eigenvalue weighted by Gasteiger charge is -2.07. The van der Waals surface area contributed by atoms with Crippen molar-refractivity contribution in [3.8, 4) is 0 Å². The average molecular weight is 389 g/mol. The highest BCUT2D eigenvalue weighted by Gasteiger charge is 2.17. The molecular weight excluding hydrogens is 370 g/mol. The molecule has 0 fully saturated rings. The Kier molecular flexibility index (Phi) is 6.84. The second kappa shape index (κ2) is 9.09. The van der Waals surface area contributed by atoms with Crippen molar-refractivity contribution in [2.75, 3.05) is 13.4 Å². The fraction of sp³-hybridized carbons (Fsp3) is 0.211. The summed E-state index contributed by atoms with van der Waals surface area (Å²) in [5.41, 5.74) is 1.10. The summed E-state index contributed by atoms with van der Waals surface area (Å²) in [5.74, 6) is -0.795. The first kappa shape index (κ1) is 20.3. The zero-order chi connectivity index (χ0) is 19.9. The second-order valence-electron chi connectivity index (χ2n) is 5.69. The van der Waals surface area contributed by atoms with Gasteiger partial charge in [0.05, 0.1) is 12.0 Å². The molecule has 142 valence electrons. The van der Waals surface area contributed by atoms with Crippen LogP contribution in [0.15, 0.2) is 64.5 Å². The van der Waals surface area contributed by atoms with Crippen LogP contribution in [-0.4, -0.2) is 39.6 Å². The van der Waals surface area contributed by atoms with Gasteiger partial charge in [-0.1, -0.05) is 42.5 Å². The van der Waals surface area contributed by atoms with E-state index in [0.717, 1.165) is 11.8 Å². The summed E-state index contributed by atoms with van der Waals surface area (Å²) < 4.78 is 33.0. The molecule has 7 nitrogen and oxygen atoms in total. The van der Waals surface area contributed by atoms with E-state index in [0.29, 0.717) is 5.56 Å². The molecule has 2 aromatic rings. The average Bonchev–Trinajstić information content (AvgIpc) is 2.65. The lowest BCUT2D eigenvalue weighted by atomic mass is 10.1. The van der Waals surface area contributed by atoms with Crippen molar-refractivity contribution in [2.24, 2.45) is 4.99 Å². The van der Waals surface area contributed by atoms with Gasteiger partial charge >= 0.3 is 12.1 Å². The van der Waals surface area contributed by atoms with Gasteiger partial charge in [-0.25, -0.2) is 18.0 Å². The second-order valence-corrected chi connectivity index (χ2v) is 7.70. The summed E-state index contributed by atoms with van der Waals surface area (Å²) in [5, 5.41) is 0. The van der Waals surface area contributed by atoms with Crippen molar-refractivity contribution in [2.45, 2.75) is 17.9 Å². The van der Waals surface area contributed by atoms with Gasteiger partial charge in [0, 0.05) is 12.7 Å². The van der Waals surface area contributed by atoms with Gasteiger partial charge < -0.3 is 9.47 Å². The molecule has 0 unspecified atom stereocenters. The third-order valence-electron chi connectivity index (χ3n) is 3.55. The Morgan fingerprint density at radius 3 is 2.30 bits per heavy atom. The van der Waals surface area contributed by atoms with Crippen LogP contribution in [0.1, 0.15) is 11.1 Å². The standard InChI is InChI=1S/C19H19NO6S/c1-25-18(21)17(12-15-9-6-10-16(11-15)27(2,23)24)20-19(22)26-13-14-7-4-3-5-8-14/h3-11H,12-13H2,1-2H3. The molecule has 0 aromatic heterocycles. The highest BCUT2D eigenvalue weighted by atomic mass is 32.2. The minimum atomic E-state index is -3.40. The van der Waals surface area contributed by atoms with Gasteiger partial charge in [-0.3, -0.25) is 0 Å². The van der Waals surface area contributed by atoms with E-state index in [-0.39, 0.29) is 23.6 Å². The van der Waals surface area contributed by atoms with Crippen LogP contribution in [0.3, 0.4) is 0 Å². The number of aliphatic imine (C=N–C) groups is 1. The maximum Gasteiger partial charge on any atom is 0.434 e. The van der Waals surface area contributed by atoms with Crippen molar-refractivity contribution in [1.29, 1.82) is 0 Å². The van der Waals surface area contributed by atoms with Gasteiger partial charge in [0.1, 0.15) is 12.3 Å².